The average Bonchev–Trinajstić information content (AvgIpc) is 0.811. The number of hydrogen-bond acceptors (Lipinski definition) is 3. The first-order valence-electron chi connectivity index (χ1n) is 0.500. The second kappa shape index (κ2) is 4.66. The van der Waals surface area contributed by atoms with Gasteiger partial charge in [-0.1, -0.05) is 0 Å². The van der Waals surface area contributed by atoms with E-state index in [4.69, 9.17) is 11.4 Å². The molecule has 0 N–H and O–H groups in total. The van der Waals surface area contributed by atoms with Crippen LogP contribution in [-0.2, 0) is 25.4 Å². The van der Waals surface area contributed by atoms with Crippen molar-refractivity contribution in [2.45, 2.75) is 0 Å². The summed E-state index contributed by atoms with van der Waals surface area (Å²) in [6.45, 7) is 0. The molecule has 0 rings (SSSR count). The van der Waals surface area contributed by atoms with Crippen molar-refractivity contribution >= 4 is 24.0 Å². The Hall–Kier alpha value is 0.662. The Labute approximate surface area is 49.4 Å². The van der Waals surface area contributed by atoms with Crippen LogP contribution in [0.1, 0.15) is 0 Å². The van der Waals surface area contributed by atoms with E-state index in [1.165, 1.54) is 0 Å². The Morgan fingerprint density at radius 1 is 1.00 bits per heavy atom. The molecule has 0 saturated heterocycles. The summed E-state index contributed by atoms with van der Waals surface area (Å²) in [5.41, 5.74) is 0. The van der Waals surface area contributed by atoms with Crippen molar-refractivity contribution in [2.24, 2.45) is 0 Å². The van der Waals surface area contributed by atoms with Gasteiger partial charge in [-0.05, 0) is 0 Å². The van der Waals surface area contributed by atoms with Crippen LogP contribution in [0.2, 0.25) is 0 Å². The zero-order chi connectivity index (χ0) is 3.58. The zero-order valence-corrected chi connectivity index (χ0v) is 5.65. The summed E-state index contributed by atoms with van der Waals surface area (Å²) in [6, 6.07) is 0. The Kier molecular flexibility index (Phi) is 8.56. The third kappa shape index (κ3) is 75.3. The van der Waals surface area contributed by atoms with Crippen LogP contribution in [0.25, 0.3) is 0 Å². The van der Waals surface area contributed by atoms with Gasteiger partial charge >= 0.3 is 25.4 Å². The van der Waals surface area contributed by atoms with Gasteiger partial charge in [0.1, 0.15) is 0 Å². The van der Waals surface area contributed by atoms with E-state index < -0.39 is 14.0 Å². The molecule has 32 valence electrons. The first kappa shape index (κ1) is 9.18. The molecular weight excluding hydrogens is 227 g/mol. The molecule has 5 heavy (non-hydrogen) atoms. The molecule has 0 aliphatic rings. The molecule has 0 aromatic heterocycles. The Morgan fingerprint density at radius 3 is 1.00 bits per heavy atom. The van der Waals surface area contributed by atoms with Gasteiger partial charge in [-0.25, -0.2) is 0 Å². The van der Waals surface area contributed by atoms with Gasteiger partial charge in [0.15, 0.2) is 0 Å². The summed E-state index contributed by atoms with van der Waals surface area (Å²) in [5.74, 6) is 0. The van der Waals surface area contributed by atoms with E-state index in [9.17, 15) is 0 Å². The summed E-state index contributed by atoms with van der Waals surface area (Å²) >= 11 is -3.79. The van der Waals surface area contributed by atoms with Crippen LogP contribution in [0.15, 0.2) is 0 Å². The van der Waals surface area contributed by atoms with Crippen LogP contribution < -0.4 is 0 Å². The van der Waals surface area contributed by atoms with Crippen LogP contribution in [-0.4, -0.2) is 0 Å². The van der Waals surface area contributed by atoms with E-state index in [0.717, 1.165) is 0 Å². The number of rotatable bonds is 0. The van der Waals surface area contributed by atoms with Gasteiger partial charge in [0.25, 0.3) is 0 Å². The van der Waals surface area contributed by atoms with Crippen molar-refractivity contribution in [2.75, 3.05) is 0 Å². The molecule has 0 aliphatic carbocycles. The van der Waals surface area contributed by atoms with Crippen molar-refractivity contribution < 1.29 is 25.4 Å². The summed E-state index contributed by atoms with van der Waals surface area (Å²) in [6.07, 6.45) is 0. The Morgan fingerprint density at radius 2 is 1.00 bits per heavy atom. The first-order valence-corrected chi connectivity index (χ1v) is 2.06. The van der Waals surface area contributed by atoms with Gasteiger partial charge in [-0.2, -0.15) is 0 Å². The molecule has 0 heterocycles. The van der Waals surface area contributed by atoms with Crippen molar-refractivity contribution in [1.29, 1.82) is 0 Å². The molecule has 0 radical (unpaired) electrons. The van der Waals surface area contributed by atoms with E-state index in [1.807, 2.05) is 0 Å². The summed E-state index contributed by atoms with van der Waals surface area (Å²) in [5, 5.41) is 0. The van der Waals surface area contributed by atoms with E-state index in [2.05, 4.69) is 0 Å². The van der Waals surface area contributed by atoms with Gasteiger partial charge < -0.3 is 0 Å². The SMILES string of the molecule is I.[O]=[Cr](=[O])=[O]. The minimum absolute atomic E-state index is 0. The topological polar surface area (TPSA) is 51.2 Å². The first-order chi connectivity index (χ1) is 1.73. The van der Waals surface area contributed by atoms with Crippen LogP contribution in [0.5, 0.6) is 0 Å². The predicted octanol–water partition coefficient (Wildman–Crippen LogP) is 0.259. The average molecular weight is 228 g/mol. The van der Waals surface area contributed by atoms with Gasteiger partial charge in [-0.3, -0.25) is 0 Å². The van der Waals surface area contributed by atoms with Crippen molar-refractivity contribution in [1.82, 2.24) is 0 Å². The van der Waals surface area contributed by atoms with E-state index in [1.54, 1.807) is 0 Å². The molecule has 0 unspecified atom stereocenters. The fraction of sp³-hybridized carbons (Fsp3) is 0. The Balaban J connectivity index is 0. The molecular formula is HCrIO3. The summed E-state index contributed by atoms with van der Waals surface area (Å²) < 4.78 is 25.6. The molecule has 0 aromatic rings. The molecule has 0 aliphatic heterocycles. The van der Waals surface area contributed by atoms with Crippen LogP contribution in [0.4, 0.5) is 0 Å². The van der Waals surface area contributed by atoms with E-state index in [0.29, 0.717) is 0 Å². The second-order valence-corrected chi connectivity index (χ2v) is 0.842. The normalized spacial score (nSPS) is 4.80. The molecule has 0 aromatic carbocycles. The molecule has 3 nitrogen and oxygen atoms in total. The zero-order valence-electron chi connectivity index (χ0n) is 2.04. The van der Waals surface area contributed by atoms with Crippen molar-refractivity contribution in [3.8, 4) is 0 Å². The van der Waals surface area contributed by atoms with Crippen LogP contribution in [0, 0.1) is 0 Å². The summed E-state index contributed by atoms with van der Waals surface area (Å²) in [4.78, 5) is 0. The minimum atomic E-state index is -3.79. The van der Waals surface area contributed by atoms with Crippen molar-refractivity contribution in [3.05, 3.63) is 0 Å². The maximum atomic E-state index is 8.54. The number of hydrogen-bond donors (Lipinski definition) is 0. The monoisotopic (exact) mass is 228 g/mol. The predicted molar refractivity (Wildman–Crippen MR) is 17.5 cm³/mol. The molecule has 0 atom stereocenters. The quantitative estimate of drug-likeness (QED) is 0.558. The van der Waals surface area contributed by atoms with Crippen molar-refractivity contribution in [3.63, 3.8) is 0 Å². The third-order valence-corrected chi connectivity index (χ3v) is 0. The maximum absolute atomic E-state index is 8.54. The van der Waals surface area contributed by atoms with E-state index >= 15 is 0 Å². The third-order valence-electron chi connectivity index (χ3n) is 0. The van der Waals surface area contributed by atoms with Crippen LogP contribution in [0.3, 0.4) is 0 Å². The molecule has 0 bridgehead atoms. The Bertz CT molecular complexity index is 76.3. The molecule has 0 saturated carbocycles. The van der Waals surface area contributed by atoms with Gasteiger partial charge in [0.05, 0.1) is 0 Å². The fourth-order valence-electron chi connectivity index (χ4n) is 0. The molecule has 0 amide bonds. The van der Waals surface area contributed by atoms with Gasteiger partial charge in [0.2, 0.25) is 0 Å². The molecule has 0 fully saturated rings. The number of halogens is 1. The molecule has 5 heteroatoms. The van der Waals surface area contributed by atoms with Gasteiger partial charge in [-0.15, -0.1) is 24.0 Å². The summed E-state index contributed by atoms with van der Waals surface area (Å²) in [7, 11) is 0. The van der Waals surface area contributed by atoms with E-state index in [-0.39, 0.29) is 24.0 Å². The van der Waals surface area contributed by atoms with Gasteiger partial charge in [0, 0.05) is 0 Å². The fourth-order valence-corrected chi connectivity index (χ4v) is 0. The molecule has 0 spiro atoms. The standard InChI is InChI=1S/Cr.HI.3O/h;1H;;;. The second-order valence-electron chi connectivity index (χ2n) is 0.204. The van der Waals surface area contributed by atoms with Crippen LogP contribution >= 0.6 is 24.0 Å².